The molecule has 24 heteroatoms. The molecule has 0 saturated heterocycles. The Kier molecular flexibility index (Phi) is 36.4. The third-order valence-electron chi connectivity index (χ3n) is 9.46. The number of nitrogens with zero attached hydrogens (tertiary/aromatic N) is 9. The molecule has 0 aliphatic carbocycles. The average molecular weight is 1330 g/mol. The van der Waals surface area contributed by atoms with Crippen LogP contribution in [0.1, 0.15) is 76.0 Å². The maximum Gasteiger partial charge on any atom is 0.222 e. The minimum Gasteiger partial charge on any atom is -0.472 e. The Labute approximate surface area is 495 Å². The number of nitrogen functional groups attached to an aromatic ring is 3. The van der Waals surface area contributed by atoms with Crippen molar-refractivity contribution in [3.63, 3.8) is 0 Å². The molecule has 0 radical (unpaired) electrons. The van der Waals surface area contributed by atoms with E-state index in [-0.39, 0.29) is 76.8 Å². The molecule has 0 spiro atoms. The van der Waals surface area contributed by atoms with Crippen molar-refractivity contribution in [1.82, 2.24) is 34.7 Å². The lowest BCUT2D eigenvalue weighted by Gasteiger charge is -2.34. The molecular formula is C53H69Br4ClN16O3. The molecule has 0 bridgehead atoms. The Hall–Kier alpha value is -6.75. The zero-order chi connectivity index (χ0) is 56.8. The van der Waals surface area contributed by atoms with E-state index in [2.05, 4.69) is 150 Å². The van der Waals surface area contributed by atoms with E-state index in [1.165, 1.54) is 6.20 Å². The first-order valence-corrected chi connectivity index (χ1v) is 25.1. The number of allylic oxidation sites excluding steroid dienone is 1. The van der Waals surface area contributed by atoms with Crippen LogP contribution < -0.4 is 48.2 Å². The van der Waals surface area contributed by atoms with Gasteiger partial charge >= 0.3 is 0 Å². The SMILES string of the molecule is Br.C#C.CC(C)c1cnc(Br)cc1O/C(C#N)=C/Nc1ccccc1.CC(C)c1cnc(Br)cc1OC(C#N)C(N(C)C)N(C)C.CC(C)c1cnc(Br)cc1Oc1cnc(N)nc1N.Cl.N=C(N)N.Nc1ccccc1. The van der Waals surface area contributed by atoms with Crippen LogP contribution in [0.15, 0.2) is 129 Å². The van der Waals surface area contributed by atoms with Crippen LogP contribution in [0, 0.1) is 40.9 Å². The Bertz CT molecular complexity index is 2800. The van der Waals surface area contributed by atoms with Gasteiger partial charge in [0.15, 0.2) is 17.5 Å². The van der Waals surface area contributed by atoms with Crippen molar-refractivity contribution < 1.29 is 14.2 Å². The van der Waals surface area contributed by atoms with Crippen LogP contribution in [-0.2, 0) is 0 Å². The summed E-state index contributed by atoms with van der Waals surface area (Å²) in [7, 11) is 7.74. The molecule has 414 valence electrons. The van der Waals surface area contributed by atoms with Crippen LogP contribution in [0.25, 0.3) is 0 Å². The van der Waals surface area contributed by atoms with Crippen molar-refractivity contribution >= 4 is 106 Å². The summed E-state index contributed by atoms with van der Waals surface area (Å²) in [5.41, 5.74) is 30.1. The molecule has 1 atom stereocenters. The number of nitrogens with two attached hydrogens (primary N) is 5. The number of nitrogens with one attached hydrogen (secondary N) is 2. The highest BCUT2D eigenvalue weighted by Crippen LogP contribution is 2.34. The van der Waals surface area contributed by atoms with Crippen molar-refractivity contribution in [1.29, 1.82) is 15.9 Å². The second-order valence-corrected chi connectivity index (χ2v) is 19.2. The summed E-state index contributed by atoms with van der Waals surface area (Å²) in [5.74, 6) is 3.32. The number of para-hydroxylation sites is 2. The Morgan fingerprint density at radius 2 is 1.09 bits per heavy atom. The zero-order valence-corrected chi connectivity index (χ0v) is 51.8. The minimum atomic E-state index is -0.596. The molecule has 0 fully saturated rings. The van der Waals surface area contributed by atoms with E-state index in [0.29, 0.717) is 36.8 Å². The number of terminal acetylenes is 1. The lowest BCUT2D eigenvalue weighted by atomic mass is 10.0. The monoisotopic (exact) mass is 1330 g/mol. The Morgan fingerprint density at radius 1 is 0.675 bits per heavy atom. The molecule has 0 aliphatic heterocycles. The third kappa shape index (κ3) is 27.7. The molecule has 2 aromatic carbocycles. The van der Waals surface area contributed by atoms with Gasteiger partial charge in [0.25, 0.3) is 0 Å². The fraction of sp³-hybridized carbons (Fsp3) is 0.283. The number of hydrogen-bond donors (Lipinski definition) is 7. The highest BCUT2D eigenvalue weighted by molar-refractivity contribution is 9.11. The van der Waals surface area contributed by atoms with E-state index in [9.17, 15) is 10.5 Å². The van der Waals surface area contributed by atoms with Crippen LogP contribution in [0.2, 0.25) is 0 Å². The number of ether oxygens (including phenoxy) is 3. The summed E-state index contributed by atoms with van der Waals surface area (Å²) in [5, 5.41) is 27.9. The zero-order valence-electron chi connectivity index (χ0n) is 44.5. The first-order chi connectivity index (χ1) is 35.5. The summed E-state index contributed by atoms with van der Waals surface area (Å²) in [6.07, 6.45) is 15.6. The van der Waals surface area contributed by atoms with Gasteiger partial charge in [0.1, 0.15) is 49.4 Å². The van der Waals surface area contributed by atoms with Gasteiger partial charge in [-0.1, -0.05) is 77.9 Å². The second kappa shape index (κ2) is 38.7. The fourth-order valence-electron chi connectivity index (χ4n) is 6.08. The number of aromatic nitrogens is 5. The maximum absolute atomic E-state index is 9.50. The highest BCUT2D eigenvalue weighted by Gasteiger charge is 2.28. The van der Waals surface area contributed by atoms with Gasteiger partial charge in [0.05, 0.1) is 12.4 Å². The van der Waals surface area contributed by atoms with Crippen LogP contribution >= 0.6 is 77.2 Å². The van der Waals surface area contributed by atoms with Crippen LogP contribution in [0.4, 0.5) is 23.1 Å². The summed E-state index contributed by atoms with van der Waals surface area (Å²) in [6.45, 7) is 12.4. The second-order valence-electron chi connectivity index (χ2n) is 16.8. The molecule has 1 unspecified atom stereocenters. The predicted octanol–water partition coefficient (Wildman–Crippen LogP) is 11.6. The third-order valence-corrected chi connectivity index (χ3v) is 10.8. The highest BCUT2D eigenvalue weighted by atomic mass is 79.9. The number of benzene rings is 2. The summed E-state index contributed by atoms with van der Waals surface area (Å²) < 4.78 is 19.5. The molecule has 4 aromatic heterocycles. The van der Waals surface area contributed by atoms with Crippen LogP contribution in [0.5, 0.6) is 23.0 Å². The van der Waals surface area contributed by atoms with E-state index in [1.807, 2.05) is 111 Å². The lowest BCUT2D eigenvalue weighted by Crippen LogP contribution is -2.50. The van der Waals surface area contributed by atoms with Gasteiger partial charge in [-0.15, -0.1) is 42.2 Å². The first-order valence-electron chi connectivity index (χ1n) is 22.7. The smallest absolute Gasteiger partial charge is 0.222 e. The summed E-state index contributed by atoms with van der Waals surface area (Å²) in [4.78, 5) is 24.3. The van der Waals surface area contributed by atoms with Crippen LogP contribution in [-0.4, -0.2) is 81.1 Å². The molecule has 6 rings (SSSR count). The van der Waals surface area contributed by atoms with Crippen molar-refractivity contribution in [2.24, 2.45) is 11.5 Å². The van der Waals surface area contributed by atoms with Crippen molar-refractivity contribution in [2.45, 2.75) is 71.6 Å². The fourth-order valence-corrected chi connectivity index (χ4v) is 7.01. The number of guanidine groups is 1. The van der Waals surface area contributed by atoms with Crippen molar-refractivity contribution in [3.8, 4) is 48.0 Å². The maximum atomic E-state index is 9.50. The molecule has 0 saturated carbocycles. The number of nitriles is 2. The minimum absolute atomic E-state index is 0. The molecule has 0 amide bonds. The van der Waals surface area contributed by atoms with E-state index in [4.69, 9.17) is 36.8 Å². The Morgan fingerprint density at radius 3 is 1.48 bits per heavy atom. The molecular weight excluding hydrogens is 1260 g/mol. The average Bonchev–Trinajstić information content (AvgIpc) is 3.34. The lowest BCUT2D eigenvalue weighted by molar-refractivity contribution is 0.0401. The van der Waals surface area contributed by atoms with E-state index in [1.54, 1.807) is 36.9 Å². The number of anilines is 4. The topological polar surface area (TPSA) is 312 Å². The molecule has 12 N–H and O–H groups in total. The van der Waals surface area contributed by atoms with Gasteiger partial charge in [-0.05, 0) is 118 Å². The van der Waals surface area contributed by atoms with Gasteiger partial charge in [0.2, 0.25) is 17.8 Å². The van der Waals surface area contributed by atoms with E-state index < -0.39 is 6.10 Å². The Balaban J connectivity index is 0. The molecule has 4 heterocycles. The van der Waals surface area contributed by atoms with E-state index in [0.717, 1.165) is 28.1 Å². The van der Waals surface area contributed by atoms with Gasteiger partial charge in [-0.3, -0.25) is 15.2 Å². The first kappa shape index (κ1) is 72.3. The number of halogens is 5. The molecule has 6 aromatic rings. The van der Waals surface area contributed by atoms with Crippen molar-refractivity contribution in [3.05, 3.63) is 146 Å². The normalized spacial score (nSPS) is 10.5. The summed E-state index contributed by atoms with van der Waals surface area (Å²) in [6, 6.07) is 28.7. The molecule has 0 aliphatic rings. The van der Waals surface area contributed by atoms with Gasteiger partial charge < -0.3 is 48.2 Å². The van der Waals surface area contributed by atoms with Crippen LogP contribution in [0.3, 0.4) is 0 Å². The summed E-state index contributed by atoms with van der Waals surface area (Å²) >= 11 is 10.00. The van der Waals surface area contributed by atoms with Gasteiger partial charge in [-0.25, -0.2) is 19.9 Å². The molecule has 77 heavy (non-hydrogen) atoms. The number of pyridine rings is 3. The standard InChI is InChI=1S/C17H16BrN3O.C15H23BrN4O.C12H14BrN5O.C6H7N.C2H2.CH5N3.BrH.ClH/c1-12(2)15-11-21-17(18)8-16(15)22-14(9-19)10-20-13-6-4-3-5-7-13;1-10(2)11-9-18-14(16)7-12(11)21-13(8-17)15(19(3)4)20(5)6;1-6(2)7-4-16-10(13)3-8(7)19-9-5-17-12(15)18-11(9)14;7-6-4-2-1-3-5-6;1-2;2-1(3)4;;/h3-8,10-12,20H,1-2H3;7,9-10,13,15H,1-6H3;3-6H,1-2H3,(H4,14,15,17,18);1-5H,7H2;1-2H;(H5,2,3,4);2*1H/b14-10+;;;;;;;. The van der Waals surface area contributed by atoms with Gasteiger partial charge in [0, 0.05) is 64.9 Å². The quantitative estimate of drug-likeness (QED) is 0.00779. The van der Waals surface area contributed by atoms with E-state index >= 15 is 0 Å². The van der Waals surface area contributed by atoms with Crippen molar-refractivity contribution in [2.75, 3.05) is 50.7 Å². The number of rotatable bonds is 14. The number of likely N-dealkylation sites (N-methyl/N-ethyl adjacent to an activating group) is 2. The number of hydrogen-bond acceptors (Lipinski definition) is 17. The van der Waals surface area contributed by atoms with Gasteiger partial charge in [-0.2, -0.15) is 15.5 Å². The largest absolute Gasteiger partial charge is 0.472 e. The molecule has 19 nitrogen and oxygen atoms in total. The predicted molar refractivity (Wildman–Crippen MR) is 329 cm³/mol.